The van der Waals surface area contributed by atoms with E-state index < -0.39 is 11.7 Å². The second kappa shape index (κ2) is 6.93. The van der Waals surface area contributed by atoms with Crippen LogP contribution in [0.1, 0.15) is 11.1 Å². The minimum Gasteiger partial charge on any atom is -0.461 e. The number of halogens is 4. The highest BCUT2D eigenvalue weighted by Crippen LogP contribution is 2.42. The second-order valence-electron chi connectivity index (χ2n) is 5.96. The molecule has 1 aliphatic heterocycles. The van der Waals surface area contributed by atoms with Crippen molar-refractivity contribution in [3.63, 3.8) is 0 Å². The third-order valence-electron chi connectivity index (χ3n) is 4.11. The highest BCUT2D eigenvalue weighted by molar-refractivity contribution is 9.10. The van der Waals surface area contributed by atoms with Gasteiger partial charge in [0.1, 0.15) is 12.4 Å². The Balaban J connectivity index is 1.96. The molecule has 0 aliphatic carbocycles. The maximum absolute atomic E-state index is 13.7. The second-order valence-corrected chi connectivity index (χ2v) is 6.81. The van der Waals surface area contributed by atoms with Gasteiger partial charge >= 0.3 is 12.2 Å². The lowest BCUT2D eigenvalue weighted by molar-refractivity contribution is -0.136. The number of nitrogens with one attached hydrogen (secondary N) is 2. The van der Waals surface area contributed by atoms with E-state index in [4.69, 9.17) is 4.74 Å². The number of fused-ring (bicyclic) bond motifs is 5. The molecular weight excluding hydrogens is 439 g/mol. The Bertz CT molecular complexity index is 1090. The molecule has 4 rings (SSSR count). The maximum Gasteiger partial charge on any atom is 0.418 e. The zero-order chi connectivity index (χ0) is 19.9. The maximum atomic E-state index is 13.7. The summed E-state index contributed by atoms with van der Waals surface area (Å²) in [7, 11) is 0. The van der Waals surface area contributed by atoms with E-state index in [1.54, 1.807) is 6.07 Å². The van der Waals surface area contributed by atoms with Crippen LogP contribution in [-0.2, 0) is 6.18 Å². The first-order valence-electron chi connectivity index (χ1n) is 8.20. The number of alkyl halides is 3. The number of para-hydroxylation sites is 1. The van der Waals surface area contributed by atoms with Gasteiger partial charge in [-0.3, -0.25) is 0 Å². The van der Waals surface area contributed by atoms with E-state index in [1.807, 2.05) is 18.2 Å². The first-order valence-corrected chi connectivity index (χ1v) is 8.99. The van der Waals surface area contributed by atoms with Gasteiger partial charge in [0.15, 0.2) is 5.65 Å². The molecule has 0 spiro atoms. The fraction of sp³-hybridized carbons (Fsp3) is 0.167. The van der Waals surface area contributed by atoms with Crippen molar-refractivity contribution in [2.45, 2.75) is 6.18 Å². The van der Waals surface area contributed by atoms with Gasteiger partial charge in [0, 0.05) is 34.2 Å². The average Bonchev–Trinajstić information content (AvgIpc) is 2.66. The number of nitrogens with zero attached hydrogens (tertiary/aromatic N) is 3. The minimum absolute atomic E-state index is 0.0708. The van der Waals surface area contributed by atoms with Crippen molar-refractivity contribution in [2.24, 2.45) is 0 Å². The van der Waals surface area contributed by atoms with Gasteiger partial charge in [-0.05, 0) is 22.0 Å². The molecule has 3 heterocycles. The standard InChI is InChI=1S/C18H13BrF3N5O/c1-9-10-4-2-3-5-12(10)23-6-7-28-17-26-15-13(16(25-9)27-17)14(18(20,21)22)11(19)8-24-15/h2-5,8,23H,1,6-7H2,(H,24,25,26,27). The lowest BCUT2D eigenvalue weighted by atomic mass is 10.1. The molecule has 0 unspecified atom stereocenters. The Kier molecular flexibility index (Phi) is 4.58. The SMILES string of the molecule is C=C1Nc2nc(nc3ncc(Br)c(C(F)(F)F)c23)OCCNc2ccccc21. The van der Waals surface area contributed by atoms with Crippen LogP contribution in [0.4, 0.5) is 24.7 Å². The Hall–Kier alpha value is -2.88. The summed E-state index contributed by atoms with van der Waals surface area (Å²) in [5.41, 5.74) is 0.807. The van der Waals surface area contributed by atoms with Crippen molar-refractivity contribution in [1.82, 2.24) is 15.0 Å². The third kappa shape index (κ3) is 3.35. The predicted octanol–water partition coefficient (Wildman–Crippen LogP) is 4.69. The van der Waals surface area contributed by atoms with E-state index in [1.165, 1.54) is 0 Å². The summed E-state index contributed by atoms with van der Waals surface area (Å²) in [4.78, 5) is 12.2. The largest absolute Gasteiger partial charge is 0.461 e. The summed E-state index contributed by atoms with van der Waals surface area (Å²) in [6.45, 7) is 4.63. The molecule has 10 heteroatoms. The molecule has 0 atom stereocenters. The fourth-order valence-electron chi connectivity index (χ4n) is 2.93. The summed E-state index contributed by atoms with van der Waals surface area (Å²) >= 11 is 2.94. The molecule has 0 fully saturated rings. The van der Waals surface area contributed by atoms with Gasteiger partial charge in [0.25, 0.3) is 0 Å². The van der Waals surface area contributed by atoms with Crippen LogP contribution in [0.3, 0.4) is 0 Å². The molecule has 2 bridgehead atoms. The summed E-state index contributed by atoms with van der Waals surface area (Å²) in [6, 6.07) is 7.24. The van der Waals surface area contributed by atoms with E-state index >= 15 is 0 Å². The zero-order valence-electron chi connectivity index (χ0n) is 14.3. The van der Waals surface area contributed by atoms with Crippen molar-refractivity contribution in [1.29, 1.82) is 0 Å². The van der Waals surface area contributed by atoms with Crippen molar-refractivity contribution in [3.05, 3.63) is 52.6 Å². The van der Waals surface area contributed by atoms with E-state index in [0.717, 1.165) is 11.9 Å². The number of hydrogen-bond acceptors (Lipinski definition) is 6. The molecule has 144 valence electrons. The topological polar surface area (TPSA) is 72.0 Å². The first kappa shape index (κ1) is 18.5. The summed E-state index contributed by atoms with van der Waals surface area (Å²) in [5.74, 6) is -0.0807. The van der Waals surface area contributed by atoms with Crippen LogP contribution in [0.15, 0.2) is 41.5 Å². The molecule has 2 aromatic heterocycles. The molecule has 28 heavy (non-hydrogen) atoms. The summed E-state index contributed by atoms with van der Waals surface area (Å²) in [6.07, 6.45) is -3.58. The normalized spacial score (nSPS) is 14.4. The number of ether oxygens (including phenoxy) is 1. The van der Waals surface area contributed by atoms with Crippen LogP contribution in [0.25, 0.3) is 16.7 Å². The Morgan fingerprint density at radius 2 is 1.96 bits per heavy atom. The fourth-order valence-corrected chi connectivity index (χ4v) is 3.45. The van der Waals surface area contributed by atoms with E-state index in [-0.39, 0.29) is 33.9 Å². The molecule has 0 saturated carbocycles. The highest BCUT2D eigenvalue weighted by atomic mass is 79.9. The van der Waals surface area contributed by atoms with Gasteiger partial charge < -0.3 is 15.4 Å². The molecule has 0 amide bonds. The number of pyridine rings is 1. The number of anilines is 2. The average molecular weight is 452 g/mol. The molecule has 3 aromatic rings. The van der Waals surface area contributed by atoms with E-state index in [0.29, 0.717) is 17.8 Å². The van der Waals surface area contributed by atoms with Gasteiger partial charge in [-0.1, -0.05) is 24.8 Å². The van der Waals surface area contributed by atoms with Crippen LogP contribution in [-0.4, -0.2) is 28.1 Å². The predicted molar refractivity (Wildman–Crippen MR) is 103 cm³/mol. The number of hydrogen-bond donors (Lipinski definition) is 2. The lowest BCUT2D eigenvalue weighted by Gasteiger charge is -2.17. The Morgan fingerprint density at radius 1 is 1.18 bits per heavy atom. The summed E-state index contributed by atoms with van der Waals surface area (Å²) in [5, 5.41) is 5.83. The van der Waals surface area contributed by atoms with Gasteiger partial charge in [-0.25, -0.2) is 4.98 Å². The van der Waals surface area contributed by atoms with Crippen LogP contribution < -0.4 is 15.4 Å². The van der Waals surface area contributed by atoms with Gasteiger partial charge in [-0.15, -0.1) is 0 Å². The molecule has 1 aromatic carbocycles. The van der Waals surface area contributed by atoms with Crippen LogP contribution in [0.2, 0.25) is 0 Å². The smallest absolute Gasteiger partial charge is 0.418 e. The van der Waals surface area contributed by atoms with Crippen LogP contribution >= 0.6 is 15.9 Å². The lowest BCUT2D eigenvalue weighted by Crippen LogP contribution is -2.14. The monoisotopic (exact) mass is 451 g/mol. The number of rotatable bonds is 0. The quantitative estimate of drug-likeness (QED) is 0.516. The molecule has 2 N–H and O–H groups in total. The summed E-state index contributed by atoms with van der Waals surface area (Å²) < 4.78 is 46.5. The minimum atomic E-state index is -4.64. The first-order chi connectivity index (χ1) is 13.3. The molecule has 1 aliphatic rings. The zero-order valence-corrected chi connectivity index (χ0v) is 15.9. The van der Waals surface area contributed by atoms with Crippen molar-refractivity contribution < 1.29 is 17.9 Å². The van der Waals surface area contributed by atoms with Gasteiger partial charge in [0.2, 0.25) is 0 Å². The molecule has 6 nitrogen and oxygen atoms in total. The molecule has 0 radical (unpaired) electrons. The Labute approximate surface area is 166 Å². The highest BCUT2D eigenvalue weighted by Gasteiger charge is 2.37. The van der Waals surface area contributed by atoms with Crippen molar-refractivity contribution >= 4 is 44.2 Å². The number of aromatic nitrogens is 3. The van der Waals surface area contributed by atoms with E-state index in [2.05, 4.69) is 48.1 Å². The molecule has 0 saturated heterocycles. The van der Waals surface area contributed by atoms with Gasteiger partial charge in [-0.2, -0.15) is 23.1 Å². The van der Waals surface area contributed by atoms with Crippen LogP contribution in [0.5, 0.6) is 6.01 Å². The van der Waals surface area contributed by atoms with Crippen molar-refractivity contribution in [2.75, 3.05) is 23.8 Å². The van der Waals surface area contributed by atoms with Crippen molar-refractivity contribution in [3.8, 4) is 6.01 Å². The molecular formula is C18H13BrF3N5O. The third-order valence-corrected chi connectivity index (χ3v) is 4.71. The number of benzene rings is 1. The van der Waals surface area contributed by atoms with Crippen LogP contribution in [0, 0.1) is 0 Å². The van der Waals surface area contributed by atoms with Gasteiger partial charge in [0.05, 0.1) is 10.9 Å². The van der Waals surface area contributed by atoms with E-state index in [9.17, 15) is 13.2 Å². The Morgan fingerprint density at radius 3 is 2.75 bits per heavy atom.